The molecule has 6 nitrogen and oxygen atoms in total. The SMILES string of the molecule is O=C(O)CCC[C@H]1CC[C@@H]2[C@@H](/C=C/[C@@H](O)COc3ccccc3F)[C@H](O)C[C@@H]2OC1. The average molecular weight is 422 g/mol. The van der Waals surface area contributed by atoms with E-state index in [1.165, 1.54) is 12.1 Å². The molecule has 1 heterocycles. The Kier molecular flexibility index (Phi) is 8.24. The van der Waals surface area contributed by atoms with Crippen LogP contribution in [0.15, 0.2) is 36.4 Å². The molecule has 1 aromatic carbocycles. The molecule has 3 rings (SSSR count). The van der Waals surface area contributed by atoms with Crippen molar-refractivity contribution in [2.24, 2.45) is 17.8 Å². The standard InChI is InChI=1S/C23H31FO6/c24-19-5-1-2-6-21(19)30-14-16(25)9-11-17-18-10-8-15(4-3-7-23(27)28)13-29-22(18)12-20(17)26/h1-2,5-6,9,11,15-18,20,22,25-26H,3-4,7-8,10,12-14H2,(H,27,28)/b11-9+/t15-,16+,17+,18+,20+,22-/m0/s1. The first-order chi connectivity index (χ1) is 14.4. The van der Waals surface area contributed by atoms with E-state index in [1.54, 1.807) is 18.2 Å². The molecule has 0 bridgehead atoms. The molecule has 7 heteroatoms. The van der Waals surface area contributed by atoms with Gasteiger partial charge in [0.05, 0.1) is 12.2 Å². The highest BCUT2D eigenvalue weighted by atomic mass is 19.1. The zero-order valence-electron chi connectivity index (χ0n) is 17.0. The minimum atomic E-state index is -0.911. The van der Waals surface area contributed by atoms with Crippen LogP contribution in [0.3, 0.4) is 0 Å². The molecule has 1 saturated carbocycles. The zero-order chi connectivity index (χ0) is 21.5. The summed E-state index contributed by atoms with van der Waals surface area (Å²) in [5, 5.41) is 29.5. The van der Waals surface area contributed by atoms with Crippen molar-refractivity contribution in [3.8, 4) is 5.75 Å². The van der Waals surface area contributed by atoms with E-state index in [9.17, 15) is 19.4 Å². The number of carboxylic acids is 1. The average Bonchev–Trinajstić information content (AvgIpc) is 2.87. The molecule has 0 radical (unpaired) electrons. The minimum Gasteiger partial charge on any atom is -0.487 e. The Balaban J connectivity index is 1.50. The van der Waals surface area contributed by atoms with Gasteiger partial charge in [0.15, 0.2) is 11.6 Å². The molecular formula is C23H31FO6. The number of aliphatic hydroxyl groups excluding tert-OH is 2. The van der Waals surface area contributed by atoms with Crippen molar-refractivity contribution in [2.75, 3.05) is 13.2 Å². The first-order valence-electron chi connectivity index (χ1n) is 10.7. The smallest absolute Gasteiger partial charge is 0.303 e. The van der Waals surface area contributed by atoms with Crippen molar-refractivity contribution in [1.82, 2.24) is 0 Å². The van der Waals surface area contributed by atoms with Crippen molar-refractivity contribution in [3.63, 3.8) is 0 Å². The second-order valence-electron chi connectivity index (χ2n) is 8.34. The van der Waals surface area contributed by atoms with Gasteiger partial charge in [0.2, 0.25) is 0 Å². The molecule has 3 N–H and O–H groups in total. The summed E-state index contributed by atoms with van der Waals surface area (Å²) in [6.07, 6.45) is 6.04. The van der Waals surface area contributed by atoms with E-state index in [1.807, 2.05) is 6.08 Å². The van der Waals surface area contributed by atoms with Crippen LogP contribution in [0.25, 0.3) is 0 Å². The Labute approximate surface area is 176 Å². The molecule has 1 aliphatic carbocycles. The lowest BCUT2D eigenvalue weighted by Crippen LogP contribution is -2.22. The third-order valence-electron chi connectivity index (χ3n) is 6.15. The van der Waals surface area contributed by atoms with Gasteiger partial charge in [-0.25, -0.2) is 4.39 Å². The maximum absolute atomic E-state index is 13.6. The highest BCUT2D eigenvalue weighted by molar-refractivity contribution is 5.66. The second-order valence-corrected chi connectivity index (χ2v) is 8.34. The molecule has 0 aromatic heterocycles. The second kappa shape index (κ2) is 10.9. The summed E-state index contributed by atoms with van der Waals surface area (Å²) in [7, 11) is 0. The number of ether oxygens (including phenoxy) is 2. The number of halogens is 1. The number of rotatable bonds is 9. The van der Waals surface area contributed by atoms with Gasteiger partial charge < -0.3 is 24.8 Å². The van der Waals surface area contributed by atoms with Crippen molar-refractivity contribution in [2.45, 2.75) is 56.8 Å². The van der Waals surface area contributed by atoms with Crippen LogP contribution >= 0.6 is 0 Å². The van der Waals surface area contributed by atoms with E-state index < -0.39 is 24.0 Å². The molecule has 2 aliphatic rings. The molecule has 0 unspecified atom stereocenters. The van der Waals surface area contributed by atoms with E-state index in [-0.39, 0.29) is 36.7 Å². The lowest BCUT2D eigenvalue weighted by atomic mass is 9.86. The summed E-state index contributed by atoms with van der Waals surface area (Å²) in [6.45, 7) is 0.527. The van der Waals surface area contributed by atoms with Crippen LogP contribution in [0.5, 0.6) is 5.75 Å². The number of hydrogen-bond acceptors (Lipinski definition) is 5. The number of carboxylic acid groups (broad SMARTS) is 1. The Bertz CT molecular complexity index is 723. The number of carbonyl (C=O) groups is 1. The van der Waals surface area contributed by atoms with Crippen LogP contribution in [-0.4, -0.2) is 52.8 Å². The van der Waals surface area contributed by atoms with Gasteiger partial charge in [0.25, 0.3) is 0 Å². The molecule has 6 atom stereocenters. The predicted octanol–water partition coefficient (Wildman–Crippen LogP) is 3.17. The number of para-hydroxylation sites is 1. The van der Waals surface area contributed by atoms with Gasteiger partial charge in [-0.15, -0.1) is 0 Å². The summed E-state index contributed by atoms with van der Waals surface area (Å²) in [4.78, 5) is 10.7. The summed E-state index contributed by atoms with van der Waals surface area (Å²) in [6, 6.07) is 6.04. The summed E-state index contributed by atoms with van der Waals surface area (Å²) in [5.41, 5.74) is 0. The maximum Gasteiger partial charge on any atom is 0.303 e. The minimum absolute atomic E-state index is 0.0223. The van der Waals surface area contributed by atoms with Crippen molar-refractivity contribution in [1.29, 1.82) is 0 Å². The first-order valence-corrected chi connectivity index (χ1v) is 10.7. The zero-order valence-corrected chi connectivity index (χ0v) is 17.0. The van der Waals surface area contributed by atoms with Crippen molar-refractivity contribution in [3.05, 3.63) is 42.2 Å². The van der Waals surface area contributed by atoms with Crippen LogP contribution in [0, 0.1) is 23.6 Å². The van der Waals surface area contributed by atoms with Crippen LogP contribution in [0.4, 0.5) is 4.39 Å². The summed E-state index contributed by atoms with van der Waals surface area (Å²) < 4.78 is 25.0. The fourth-order valence-corrected chi connectivity index (χ4v) is 4.53. The molecule has 1 saturated heterocycles. The van der Waals surface area contributed by atoms with Crippen LogP contribution in [0.2, 0.25) is 0 Å². The number of aliphatic hydroxyl groups is 2. The molecule has 166 valence electrons. The summed E-state index contributed by atoms with van der Waals surface area (Å²) in [5.74, 6) is -0.756. The maximum atomic E-state index is 13.6. The Morgan fingerprint density at radius 3 is 2.90 bits per heavy atom. The Morgan fingerprint density at radius 1 is 1.33 bits per heavy atom. The third kappa shape index (κ3) is 6.27. The first kappa shape index (κ1) is 22.7. The van der Waals surface area contributed by atoms with Gasteiger partial charge in [0, 0.05) is 25.4 Å². The molecular weight excluding hydrogens is 391 g/mol. The van der Waals surface area contributed by atoms with Gasteiger partial charge in [-0.1, -0.05) is 24.3 Å². The number of benzene rings is 1. The highest BCUT2D eigenvalue weighted by Gasteiger charge is 2.43. The van der Waals surface area contributed by atoms with E-state index >= 15 is 0 Å². The Hall–Kier alpha value is -1.96. The van der Waals surface area contributed by atoms with E-state index in [2.05, 4.69) is 0 Å². The van der Waals surface area contributed by atoms with Crippen LogP contribution < -0.4 is 4.74 Å². The van der Waals surface area contributed by atoms with E-state index in [0.29, 0.717) is 25.4 Å². The number of hydrogen-bond donors (Lipinski definition) is 3. The van der Waals surface area contributed by atoms with Gasteiger partial charge in [0.1, 0.15) is 12.7 Å². The molecule has 0 amide bonds. The third-order valence-corrected chi connectivity index (χ3v) is 6.15. The van der Waals surface area contributed by atoms with E-state index in [0.717, 1.165) is 19.3 Å². The normalized spacial score (nSPS) is 30.0. The van der Waals surface area contributed by atoms with Crippen molar-refractivity contribution >= 4 is 5.97 Å². The van der Waals surface area contributed by atoms with Crippen LogP contribution in [-0.2, 0) is 9.53 Å². The lowest BCUT2D eigenvalue weighted by Gasteiger charge is -2.21. The van der Waals surface area contributed by atoms with Gasteiger partial charge in [-0.2, -0.15) is 0 Å². The largest absolute Gasteiger partial charge is 0.487 e. The number of fused-ring (bicyclic) bond motifs is 1. The topological polar surface area (TPSA) is 96.2 Å². The van der Waals surface area contributed by atoms with Gasteiger partial charge in [-0.3, -0.25) is 4.79 Å². The van der Waals surface area contributed by atoms with Gasteiger partial charge in [-0.05, 0) is 49.7 Å². The fraction of sp³-hybridized carbons (Fsp3) is 0.609. The quantitative estimate of drug-likeness (QED) is 0.529. The molecule has 2 fully saturated rings. The number of aliphatic carboxylic acids is 1. The monoisotopic (exact) mass is 422 g/mol. The lowest BCUT2D eigenvalue weighted by molar-refractivity contribution is -0.137. The predicted molar refractivity (Wildman–Crippen MR) is 109 cm³/mol. The fourth-order valence-electron chi connectivity index (χ4n) is 4.53. The summed E-state index contributed by atoms with van der Waals surface area (Å²) >= 11 is 0. The van der Waals surface area contributed by atoms with E-state index in [4.69, 9.17) is 14.6 Å². The molecule has 0 spiro atoms. The van der Waals surface area contributed by atoms with Crippen LogP contribution in [0.1, 0.15) is 38.5 Å². The highest BCUT2D eigenvalue weighted by Crippen LogP contribution is 2.42. The van der Waals surface area contributed by atoms with Crippen molar-refractivity contribution < 1.29 is 34.0 Å². The molecule has 30 heavy (non-hydrogen) atoms. The Morgan fingerprint density at radius 2 is 2.13 bits per heavy atom. The molecule has 1 aliphatic heterocycles. The molecule has 1 aromatic rings. The van der Waals surface area contributed by atoms with Gasteiger partial charge >= 0.3 is 5.97 Å².